The monoisotopic (exact) mass is 278 g/mol. The van der Waals surface area contributed by atoms with Crippen LogP contribution in [0.4, 0.5) is 15.8 Å². The zero-order valence-corrected chi connectivity index (χ0v) is 10.7. The Morgan fingerprint density at radius 3 is 2.26 bits per heavy atom. The maximum absolute atomic E-state index is 13.8. The standard InChI is InChI=1S/C14H11FN2O.ClH/c15-10-6-2-4-8-12(10)17-11-7-3-1-5-9(11)13(16)14(17)18;/h1-8,13H,16H2;1H. The molecule has 1 amide bonds. The summed E-state index contributed by atoms with van der Waals surface area (Å²) in [7, 11) is 0. The molecule has 1 aliphatic heterocycles. The summed E-state index contributed by atoms with van der Waals surface area (Å²) in [6.07, 6.45) is 0. The van der Waals surface area contributed by atoms with E-state index in [1.807, 2.05) is 6.07 Å². The first-order valence-corrected chi connectivity index (χ1v) is 5.63. The topological polar surface area (TPSA) is 46.3 Å². The molecule has 0 fully saturated rings. The number of nitrogens with zero attached hydrogens (tertiary/aromatic N) is 1. The Bertz CT molecular complexity index is 632. The van der Waals surface area contributed by atoms with Gasteiger partial charge >= 0.3 is 0 Å². The maximum atomic E-state index is 13.8. The van der Waals surface area contributed by atoms with Crippen LogP contribution in [0, 0.1) is 5.82 Å². The van der Waals surface area contributed by atoms with Crippen LogP contribution in [0.1, 0.15) is 11.6 Å². The van der Waals surface area contributed by atoms with Crippen molar-refractivity contribution in [2.45, 2.75) is 6.04 Å². The second kappa shape index (κ2) is 4.99. The highest BCUT2D eigenvalue weighted by Gasteiger charge is 2.36. The smallest absolute Gasteiger partial charge is 0.253 e. The molecule has 0 radical (unpaired) electrons. The van der Waals surface area contributed by atoms with Gasteiger partial charge in [-0.2, -0.15) is 0 Å². The molecular formula is C14H12ClFN2O. The molecule has 0 saturated carbocycles. The molecule has 98 valence electrons. The third-order valence-corrected chi connectivity index (χ3v) is 3.09. The van der Waals surface area contributed by atoms with Gasteiger partial charge in [0.05, 0.1) is 11.4 Å². The number of amides is 1. The van der Waals surface area contributed by atoms with E-state index in [2.05, 4.69) is 0 Å². The van der Waals surface area contributed by atoms with Crippen molar-refractivity contribution in [3.8, 4) is 0 Å². The van der Waals surface area contributed by atoms with Crippen LogP contribution >= 0.6 is 12.4 Å². The average molecular weight is 279 g/mol. The second-order valence-corrected chi connectivity index (χ2v) is 4.16. The van der Waals surface area contributed by atoms with Gasteiger partial charge < -0.3 is 5.73 Å². The number of benzene rings is 2. The number of hydrogen-bond donors (Lipinski definition) is 1. The third-order valence-electron chi connectivity index (χ3n) is 3.09. The van der Waals surface area contributed by atoms with Gasteiger partial charge in [0.25, 0.3) is 5.91 Å². The van der Waals surface area contributed by atoms with Crippen molar-refractivity contribution >= 4 is 29.7 Å². The van der Waals surface area contributed by atoms with Crippen LogP contribution in [0.25, 0.3) is 0 Å². The van der Waals surface area contributed by atoms with Crippen molar-refractivity contribution in [2.75, 3.05) is 4.90 Å². The second-order valence-electron chi connectivity index (χ2n) is 4.16. The fraction of sp³-hybridized carbons (Fsp3) is 0.0714. The SMILES string of the molecule is Cl.NC1C(=O)N(c2ccccc2F)c2ccccc21. The molecular weight excluding hydrogens is 267 g/mol. The molecule has 3 rings (SSSR count). The Morgan fingerprint density at radius 1 is 1.00 bits per heavy atom. The van der Waals surface area contributed by atoms with Crippen molar-refractivity contribution in [3.05, 3.63) is 59.9 Å². The molecule has 2 N–H and O–H groups in total. The number of halogens is 2. The fourth-order valence-electron chi connectivity index (χ4n) is 2.23. The highest BCUT2D eigenvalue weighted by molar-refractivity contribution is 6.09. The molecule has 1 heterocycles. The Balaban J connectivity index is 0.00000133. The summed E-state index contributed by atoms with van der Waals surface area (Å²) >= 11 is 0. The highest BCUT2D eigenvalue weighted by Crippen LogP contribution is 2.40. The van der Waals surface area contributed by atoms with E-state index in [0.29, 0.717) is 5.69 Å². The summed E-state index contributed by atoms with van der Waals surface area (Å²) in [6, 6.07) is 12.6. The Labute approximate surface area is 116 Å². The molecule has 0 saturated heterocycles. The number of hydrogen-bond acceptors (Lipinski definition) is 2. The van der Waals surface area contributed by atoms with Crippen LogP contribution in [0.5, 0.6) is 0 Å². The molecule has 5 heteroatoms. The molecule has 2 aromatic rings. The van der Waals surface area contributed by atoms with Crippen LogP contribution in [-0.4, -0.2) is 5.91 Å². The van der Waals surface area contributed by atoms with Gasteiger partial charge in [0.15, 0.2) is 0 Å². The maximum Gasteiger partial charge on any atom is 0.253 e. The minimum Gasteiger partial charge on any atom is -0.316 e. The van der Waals surface area contributed by atoms with Crippen LogP contribution < -0.4 is 10.6 Å². The molecule has 0 aromatic heterocycles. The molecule has 0 aliphatic carbocycles. The van der Waals surface area contributed by atoms with E-state index in [1.54, 1.807) is 36.4 Å². The molecule has 2 aromatic carbocycles. The quantitative estimate of drug-likeness (QED) is 0.872. The van der Waals surface area contributed by atoms with Crippen molar-refractivity contribution in [1.82, 2.24) is 0 Å². The molecule has 0 spiro atoms. The number of rotatable bonds is 1. The summed E-state index contributed by atoms with van der Waals surface area (Å²) < 4.78 is 13.8. The van der Waals surface area contributed by atoms with Crippen molar-refractivity contribution in [1.29, 1.82) is 0 Å². The Morgan fingerprint density at radius 2 is 1.58 bits per heavy atom. The molecule has 1 unspecified atom stereocenters. The lowest BCUT2D eigenvalue weighted by atomic mass is 10.1. The van der Waals surface area contributed by atoms with Gasteiger partial charge in [-0.25, -0.2) is 4.39 Å². The van der Waals surface area contributed by atoms with E-state index in [4.69, 9.17) is 5.73 Å². The van der Waals surface area contributed by atoms with E-state index in [0.717, 1.165) is 5.56 Å². The molecule has 1 atom stereocenters. The predicted molar refractivity (Wildman–Crippen MR) is 74.2 cm³/mol. The van der Waals surface area contributed by atoms with Crippen LogP contribution in [0.3, 0.4) is 0 Å². The Kier molecular flexibility index (Phi) is 3.55. The van der Waals surface area contributed by atoms with E-state index in [1.165, 1.54) is 11.0 Å². The minimum atomic E-state index is -0.721. The third kappa shape index (κ3) is 1.99. The summed E-state index contributed by atoms with van der Waals surface area (Å²) in [5, 5.41) is 0. The molecule has 3 nitrogen and oxygen atoms in total. The summed E-state index contributed by atoms with van der Waals surface area (Å²) in [6.45, 7) is 0. The average Bonchev–Trinajstić information content (AvgIpc) is 2.64. The van der Waals surface area contributed by atoms with Crippen molar-refractivity contribution < 1.29 is 9.18 Å². The largest absolute Gasteiger partial charge is 0.316 e. The number of para-hydroxylation sites is 2. The van der Waals surface area contributed by atoms with E-state index in [-0.39, 0.29) is 24.0 Å². The van der Waals surface area contributed by atoms with Gasteiger partial charge in [-0.15, -0.1) is 12.4 Å². The highest BCUT2D eigenvalue weighted by atomic mass is 35.5. The Hall–Kier alpha value is -1.91. The normalized spacial score (nSPS) is 17.1. The number of nitrogens with two attached hydrogens (primary N) is 1. The predicted octanol–water partition coefficient (Wildman–Crippen LogP) is 2.93. The first-order valence-electron chi connectivity index (χ1n) is 5.63. The summed E-state index contributed by atoms with van der Waals surface area (Å²) in [5.41, 5.74) is 7.47. The lowest BCUT2D eigenvalue weighted by Crippen LogP contribution is -2.28. The van der Waals surface area contributed by atoms with Crippen molar-refractivity contribution in [3.63, 3.8) is 0 Å². The first-order chi connectivity index (χ1) is 8.70. The first kappa shape index (κ1) is 13.5. The van der Waals surface area contributed by atoms with Gasteiger partial charge in [-0.1, -0.05) is 30.3 Å². The van der Waals surface area contributed by atoms with Gasteiger partial charge in [-0.3, -0.25) is 9.69 Å². The lowest BCUT2D eigenvalue weighted by Gasteiger charge is -2.18. The van der Waals surface area contributed by atoms with E-state index in [9.17, 15) is 9.18 Å². The van der Waals surface area contributed by atoms with Gasteiger partial charge in [-0.05, 0) is 18.2 Å². The zero-order chi connectivity index (χ0) is 12.7. The molecule has 0 bridgehead atoms. The number of fused-ring (bicyclic) bond motifs is 1. The summed E-state index contributed by atoms with van der Waals surface area (Å²) in [5.74, 6) is -0.740. The summed E-state index contributed by atoms with van der Waals surface area (Å²) in [4.78, 5) is 13.5. The van der Waals surface area contributed by atoms with Gasteiger partial charge in [0.2, 0.25) is 0 Å². The van der Waals surface area contributed by atoms with Gasteiger partial charge in [0.1, 0.15) is 11.9 Å². The van der Waals surface area contributed by atoms with Crippen LogP contribution in [0.15, 0.2) is 48.5 Å². The molecule has 19 heavy (non-hydrogen) atoms. The number of carbonyl (C=O) groups excluding carboxylic acids is 1. The van der Waals surface area contributed by atoms with E-state index < -0.39 is 11.9 Å². The fourth-order valence-corrected chi connectivity index (χ4v) is 2.23. The lowest BCUT2D eigenvalue weighted by molar-refractivity contribution is -0.118. The van der Waals surface area contributed by atoms with Crippen molar-refractivity contribution in [2.24, 2.45) is 5.73 Å². The number of anilines is 2. The van der Waals surface area contributed by atoms with Crippen LogP contribution in [-0.2, 0) is 4.79 Å². The minimum absolute atomic E-state index is 0. The van der Waals surface area contributed by atoms with Crippen LogP contribution in [0.2, 0.25) is 0 Å². The number of carbonyl (C=O) groups is 1. The van der Waals surface area contributed by atoms with Gasteiger partial charge in [0, 0.05) is 5.56 Å². The molecule has 1 aliphatic rings. The van der Waals surface area contributed by atoms with E-state index >= 15 is 0 Å². The zero-order valence-electron chi connectivity index (χ0n) is 9.92.